The Kier molecular flexibility index (Phi) is 18.8. The minimum atomic E-state index is -0.161. The topological polar surface area (TPSA) is 13.1 Å². The molecule has 0 radical (unpaired) electrons. The van der Waals surface area contributed by atoms with Crippen molar-refractivity contribution in [2.45, 2.75) is 57.8 Å². The number of fused-ring (bicyclic) bond motifs is 22. The lowest BCUT2D eigenvalue weighted by Crippen LogP contribution is -2.16. The highest BCUT2D eigenvalue weighted by Gasteiger charge is 2.42. The summed E-state index contributed by atoms with van der Waals surface area (Å²) < 4.78 is 6.61. The number of para-hydroxylation sites is 2. The van der Waals surface area contributed by atoms with Crippen molar-refractivity contribution < 1.29 is 4.42 Å². The molecule has 1 aromatic heterocycles. The van der Waals surface area contributed by atoms with Crippen LogP contribution < -0.4 is 0 Å². The molecular formula is C139H96O. The SMILES string of the molecule is CC1(C)c2cc3ccccc3cc2-c2cccc(-c3c4ccccc4c(-c4ccc5ccccc5c4)c4ccccc34)c21.CC1(C)c2cc3ccccc3cc2-c2cccc(-c3c4ccccc4c(-c4cccc5c4oc4ccccc45)c4ccccc34)c21.CC1(C)c2cc3ccccc3cc2-c2cccc(-c3ccc(-c4c5ccccc5c(-c5ccc(-c6ccccc6)cc5)c5ccccc45)cc3)c21. The molecule has 26 aromatic rings. The van der Waals surface area contributed by atoms with E-state index in [1.54, 1.807) is 0 Å². The molecule has 0 spiro atoms. The summed E-state index contributed by atoms with van der Waals surface area (Å²) in [5.74, 6) is 0. The van der Waals surface area contributed by atoms with Crippen molar-refractivity contribution in [1.82, 2.24) is 0 Å². The first-order chi connectivity index (χ1) is 68.7. The van der Waals surface area contributed by atoms with E-state index in [0.29, 0.717) is 0 Å². The fourth-order valence-corrected chi connectivity index (χ4v) is 25.1. The minimum Gasteiger partial charge on any atom is -0.455 e. The van der Waals surface area contributed by atoms with Gasteiger partial charge in [0.05, 0.1) is 0 Å². The van der Waals surface area contributed by atoms with Crippen LogP contribution in [0.2, 0.25) is 0 Å². The monoisotopic (exact) mass is 1780 g/mol. The molecule has 0 aliphatic heterocycles. The van der Waals surface area contributed by atoms with Gasteiger partial charge in [-0.15, -0.1) is 0 Å². The van der Waals surface area contributed by atoms with Gasteiger partial charge >= 0.3 is 0 Å². The molecule has 25 aromatic carbocycles. The normalized spacial score (nSPS) is 13.4. The summed E-state index contributed by atoms with van der Waals surface area (Å²) in [4.78, 5) is 0. The van der Waals surface area contributed by atoms with Crippen LogP contribution in [-0.4, -0.2) is 0 Å². The molecular weight excluding hydrogens is 1690 g/mol. The Morgan fingerprint density at radius 1 is 0.143 bits per heavy atom. The summed E-state index contributed by atoms with van der Waals surface area (Å²) in [5.41, 5.74) is 38.3. The molecule has 3 aliphatic rings. The fourth-order valence-electron chi connectivity index (χ4n) is 25.1. The maximum absolute atomic E-state index is 6.61. The van der Waals surface area contributed by atoms with Crippen LogP contribution in [0.3, 0.4) is 0 Å². The molecule has 140 heavy (non-hydrogen) atoms. The van der Waals surface area contributed by atoms with Crippen LogP contribution in [0, 0.1) is 0 Å². The summed E-state index contributed by atoms with van der Waals surface area (Å²) in [6.07, 6.45) is 0. The average Bonchev–Trinajstić information content (AvgIpc) is 1.51. The third-order valence-corrected chi connectivity index (χ3v) is 31.4. The van der Waals surface area contributed by atoms with Crippen LogP contribution in [0.5, 0.6) is 0 Å². The van der Waals surface area contributed by atoms with Crippen LogP contribution in [0.1, 0.15) is 74.9 Å². The molecule has 0 bridgehead atoms. The lowest BCUT2D eigenvalue weighted by Gasteiger charge is -2.26. The molecule has 0 N–H and O–H groups in total. The van der Waals surface area contributed by atoms with E-state index in [1.807, 2.05) is 6.07 Å². The van der Waals surface area contributed by atoms with Crippen LogP contribution in [0.25, 0.3) is 252 Å². The van der Waals surface area contributed by atoms with Crippen LogP contribution in [0.4, 0.5) is 0 Å². The van der Waals surface area contributed by atoms with Crippen molar-refractivity contribution in [1.29, 1.82) is 0 Å². The number of benzene rings is 25. The van der Waals surface area contributed by atoms with Crippen molar-refractivity contribution in [2.75, 3.05) is 0 Å². The zero-order valence-electron chi connectivity index (χ0n) is 78.9. The number of hydrogen-bond acceptors (Lipinski definition) is 1. The van der Waals surface area contributed by atoms with Crippen molar-refractivity contribution in [2.24, 2.45) is 0 Å². The summed E-state index contributed by atoms with van der Waals surface area (Å²) in [7, 11) is 0. The maximum atomic E-state index is 6.61. The molecule has 658 valence electrons. The van der Waals surface area contributed by atoms with E-state index >= 15 is 0 Å². The van der Waals surface area contributed by atoms with Crippen LogP contribution in [-0.2, 0) is 16.2 Å². The van der Waals surface area contributed by atoms with Gasteiger partial charge in [0, 0.05) is 38.1 Å². The zero-order chi connectivity index (χ0) is 93.4. The van der Waals surface area contributed by atoms with Crippen LogP contribution in [0.15, 0.2) is 478 Å². The standard InChI is InChI=1S/C51H36.C45H30O.C43H30/c1-51(2)47-32-39-16-7-6-15-38(39)31-46(47)45-22-12-21-40(50(45)51)35-25-29-37(30-26-35)49-43-19-10-8-17-41(43)48(42-18-9-11-20-44(42)49)36-27-23-34(24-28-36)33-13-4-3-5-14-33;1-45(2)39-26-28-14-4-3-13-27(28)25-38(39)34-20-11-22-36(43(34)45)41-30-16-5-7-18-32(30)42(33-19-8-6-17-31(33)41)37-23-12-21-35-29-15-9-10-24-40(29)46-44(35)37;1-43(2)39-26-30-15-6-5-14-29(30)25-38(39)36-20-11-21-37(42(36)43)41-34-18-9-7-16-32(34)40(33-17-8-10-19-35(33)41)31-23-22-27-12-3-4-13-28(27)24-31/h3-32H,1-2H3;3-26H,1-2H3;3-26H,1-2H3. The summed E-state index contributed by atoms with van der Waals surface area (Å²) in [6.45, 7) is 14.4. The van der Waals surface area contributed by atoms with Gasteiger partial charge in [-0.2, -0.15) is 0 Å². The highest BCUT2D eigenvalue weighted by Crippen LogP contribution is 2.60. The first kappa shape index (κ1) is 82.4. The van der Waals surface area contributed by atoms with Gasteiger partial charge in [-0.25, -0.2) is 0 Å². The third kappa shape index (κ3) is 12.8. The van der Waals surface area contributed by atoms with Crippen molar-refractivity contribution in [3.8, 4) is 122 Å². The molecule has 1 heterocycles. The Balaban J connectivity index is 0.000000106. The van der Waals surface area contributed by atoms with E-state index in [-0.39, 0.29) is 16.2 Å². The fraction of sp³-hybridized carbons (Fsp3) is 0.0647. The quantitative estimate of drug-likeness (QED) is 0.138. The second-order valence-corrected chi connectivity index (χ2v) is 40.2. The van der Waals surface area contributed by atoms with E-state index in [1.165, 1.54) is 258 Å². The van der Waals surface area contributed by atoms with Crippen molar-refractivity contribution in [3.05, 3.63) is 507 Å². The molecule has 0 unspecified atom stereocenters. The van der Waals surface area contributed by atoms with E-state index in [2.05, 4.69) is 509 Å². The summed E-state index contributed by atoms with van der Waals surface area (Å²) in [5, 5.41) is 27.9. The second kappa shape index (κ2) is 32.0. The van der Waals surface area contributed by atoms with E-state index in [9.17, 15) is 0 Å². The number of hydrogen-bond donors (Lipinski definition) is 0. The first-order valence-corrected chi connectivity index (χ1v) is 49.2. The van der Waals surface area contributed by atoms with Gasteiger partial charge in [0.1, 0.15) is 11.2 Å². The Morgan fingerprint density at radius 2 is 0.393 bits per heavy atom. The lowest BCUT2D eigenvalue weighted by molar-refractivity contribution is 0.663. The van der Waals surface area contributed by atoms with Gasteiger partial charge in [0.25, 0.3) is 0 Å². The van der Waals surface area contributed by atoms with Gasteiger partial charge in [-0.1, -0.05) is 466 Å². The number of furan rings is 1. The highest BCUT2D eigenvalue weighted by molar-refractivity contribution is 6.27. The van der Waals surface area contributed by atoms with Gasteiger partial charge in [-0.05, 0) is 301 Å². The molecule has 0 saturated carbocycles. The third-order valence-electron chi connectivity index (χ3n) is 31.4. The first-order valence-electron chi connectivity index (χ1n) is 49.2. The predicted molar refractivity (Wildman–Crippen MR) is 598 cm³/mol. The predicted octanol–water partition coefficient (Wildman–Crippen LogP) is 38.7. The van der Waals surface area contributed by atoms with Gasteiger partial charge in [0.15, 0.2) is 0 Å². The van der Waals surface area contributed by atoms with E-state index < -0.39 is 0 Å². The largest absolute Gasteiger partial charge is 0.455 e. The average molecular weight is 1780 g/mol. The molecule has 0 saturated heterocycles. The Labute approximate surface area is 814 Å². The lowest BCUT2D eigenvalue weighted by atomic mass is 9.76. The summed E-state index contributed by atoms with van der Waals surface area (Å²) >= 11 is 0. The van der Waals surface area contributed by atoms with E-state index in [4.69, 9.17) is 4.42 Å². The Bertz CT molecular complexity index is 9520. The Morgan fingerprint density at radius 3 is 0.786 bits per heavy atom. The molecule has 3 aliphatic carbocycles. The van der Waals surface area contributed by atoms with Crippen molar-refractivity contribution in [3.63, 3.8) is 0 Å². The molecule has 29 rings (SSSR count). The highest BCUT2D eigenvalue weighted by atomic mass is 16.3. The number of rotatable bonds is 8. The van der Waals surface area contributed by atoms with Crippen molar-refractivity contribution >= 4 is 130 Å². The Hall–Kier alpha value is -17.1. The van der Waals surface area contributed by atoms with E-state index in [0.717, 1.165) is 27.5 Å². The molecule has 0 fully saturated rings. The zero-order valence-corrected chi connectivity index (χ0v) is 78.9. The molecule has 1 heteroatoms. The smallest absolute Gasteiger partial charge is 0.143 e. The second-order valence-electron chi connectivity index (χ2n) is 40.2. The summed E-state index contributed by atoms with van der Waals surface area (Å²) in [6, 6.07) is 175. The van der Waals surface area contributed by atoms with Gasteiger partial charge in [-0.3, -0.25) is 0 Å². The molecule has 0 amide bonds. The van der Waals surface area contributed by atoms with Gasteiger partial charge in [0.2, 0.25) is 0 Å². The molecule has 1 nitrogen and oxygen atoms in total. The van der Waals surface area contributed by atoms with Crippen LogP contribution >= 0.6 is 0 Å². The van der Waals surface area contributed by atoms with Gasteiger partial charge < -0.3 is 4.42 Å². The molecule has 0 atom stereocenters. The minimum absolute atomic E-state index is 0.106. The maximum Gasteiger partial charge on any atom is 0.143 e.